The van der Waals surface area contributed by atoms with Crippen molar-refractivity contribution in [2.24, 2.45) is 0 Å². The van der Waals surface area contributed by atoms with E-state index in [2.05, 4.69) is 10.6 Å². The zero-order valence-electron chi connectivity index (χ0n) is 16.5. The van der Waals surface area contributed by atoms with Crippen LogP contribution in [0.4, 0.5) is 10.5 Å². The molecule has 9 nitrogen and oxygen atoms in total. The first-order valence-corrected chi connectivity index (χ1v) is 9.61. The smallest absolute Gasteiger partial charge is 0.334 e. The van der Waals surface area contributed by atoms with Crippen molar-refractivity contribution < 1.29 is 24.0 Å². The van der Waals surface area contributed by atoms with Gasteiger partial charge in [-0.1, -0.05) is 31.0 Å². The number of hydrogen-bond donors (Lipinski definition) is 2. The summed E-state index contributed by atoms with van der Waals surface area (Å²) in [7, 11) is 0. The molecule has 0 unspecified atom stereocenters. The van der Waals surface area contributed by atoms with Crippen LogP contribution in [0.25, 0.3) is 0 Å². The van der Waals surface area contributed by atoms with Crippen LogP contribution in [-0.4, -0.2) is 58.6 Å². The number of rotatable bonds is 6. The van der Waals surface area contributed by atoms with Crippen LogP contribution in [0.1, 0.15) is 36.8 Å². The van der Waals surface area contributed by atoms with Gasteiger partial charge in [-0.2, -0.15) is 0 Å². The van der Waals surface area contributed by atoms with Gasteiger partial charge in [0.2, 0.25) is 11.8 Å². The molecule has 3 rings (SSSR count). The molecule has 1 saturated carbocycles. The molecule has 1 heterocycles. The molecular formula is C20H24N4O5. The Morgan fingerprint density at radius 2 is 1.62 bits per heavy atom. The molecule has 1 aromatic carbocycles. The van der Waals surface area contributed by atoms with E-state index in [0.29, 0.717) is 23.4 Å². The van der Waals surface area contributed by atoms with Crippen LogP contribution in [0.3, 0.4) is 0 Å². The molecule has 6 amide bonds. The van der Waals surface area contributed by atoms with Gasteiger partial charge in [-0.25, -0.2) is 9.69 Å². The number of urea groups is 1. The molecule has 1 aliphatic carbocycles. The number of carbonyl (C=O) groups is 5. The third-order valence-electron chi connectivity index (χ3n) is 5.27. The number of nitrogens with one attached hydrogen (secondary N) is 2. The van der Waals surface area contributed by atoms with E-state index >= 15 is 0 Å². The molecule has 1 aliphatic heterocycles. The summed E-state index contributed by atoms with van der Waals surface area (Å²) in [4.78, 5) is 62.6. The highest BCUT2D eigenvalue weighted by Crippen LogP contribution is 2.27. The summed E-state index contributed by atoms with van der Waals surface area (Å²) in [6, 6.07) is 4.55. The normalized spacial score (nSPS) is 17.2. The fourth-order valence-corrected chi connectivity index (χ4v) is 3.72. The number of anilines is 1. The van der Waals surface area contributed by atoms with Crippen LogP contribution in [0.15, 0.2) is 18.2 Å². The third kappa shape index (κ3) is 4.28. The van der Waals surface area contributed by atoms with Gasteiger partial charge in [0.05, 0.1) is 6.54 Å². The number of hydrogen-bond acceptors (Lipinski definition) is 5. The van der Waals surface area contributed by atoms with Crippen LogP contribution in [0.5, 0.6) is 0 Å². The Bertz CT molecular complexity index is 855. The summed E-state index contributed by atoms with van der Waals surface area (Å²) in [5, 5.41) is 5.11. The Kier molecular flexibility index (Phi) is 5.95. The van der Waals surface area contributed by atoms with Gasteiger partial charge in [-0.3, -0.25) is 24.1 Å². The predicted octanol–water partition coefficient (Wildman–Crippen LogP) is 1.09. The molecule has 0 aromatic heterocycles. The van der Waals surface area contributed by atoms with Gasteiger partial charge in [-0.05, 0) is 37.8 Å². The van der Waals surface area contributed by atoms with Crippen molar-refractivity contribution in [2.45, 2.75) is 45.6 Å². The minimum Gasteiger partial charge on any atom is -0.345 e. The lowest BCUT2D eigenvalue weighted by Gasteiger charge is -2.20. The topological polar surface area (TPSA) is 116 Å². The number of nitrogens with zero attached hydrogens (tertiary/aromatic N) is 2. The van der Waals surface area contributed by atoms with Crippen LogP contribution in [-0.2, 0) is 19.2 Å². The van der Waals surface area contributed by atoms with Crippen molar-refractivity contribution in [3.8, 4) is 0 Å². The summed E-state index contributed by atoms with van der Waals surface area (Å²) in [5.41, 5.74) is 2.46. The molecule has 0 radical (unpaired) electrons. The molecule has 0 spiro atoms. The van der Waals surface area contributed by atoms with Crippen molar-refractivity contribution in [2.75, 3.05) is 18.4 Å². The number of para-hydroxylation sites is 1. The average molecular weight is 400 g/mol. The predicted molar refractivity (Wildman–Crippen MR) is 104 cm³/mol. The Labute approximate surface area is 168 Å². The Morgan fingerprint density at radius 1 is 1.00 bits per heavy atom. The lowest BCUT2D eigenvalue weighted by atomic mass is 10.1. The number of aryl methyl sites for hydroxylation is 2. The largest absolute Gasteiger partial charge is 0.345 e. The fraction of sp³-hybridized carbons (Fsp3) is 0.450. The van der Waals surface area contributed by atoms with Crippen molar-refractivity contribution >= 4 is 35.3 Å². The molecule has 1 saturated heterocycles. The molecule has 9 heteroatoms. The second-order valence-electron chi connectivity index (χ2n) is 7.38. The van der Waals surface area contributed by atoms with Crippen LogP contribution in [0, 0.1) is 13.8 Å². The van der Waals surface area contributed by atoms with E-state index < -0.39 is 36.2 Å². The molecule has 154 valence electrons. The summed E-state index contributed by atoms with van der Waals surface area (Å²) in [6.07, 6.45) is 3.13. The SMILES string of the molecule is Cc1cccc(C)c1NC(=O)CNC(=O)CN1C(=O)C(=O)N(C2CCCC2)C1=O. The van der Waals surface area contributed by atoms with E-state index in [-0.39, 0.29) is 12.6 Å². The number of imide groups is 2. The van der Waals surface area contributed by atoms with Gasteiger partial charge in [0.25, 0.3) is 0 Å². The summed E-state index contributed by atoms with van der Waals surface area (Å²) in [6.45, 7) is 2.81. The van der Waals surface area contributed by atoms with Crippen LogP contribution in [0.2, 0.25) is 0 Å². The molecule has 29 heavy (non-hydrogen) atoms. The monoisotopic (exact) mass is 400 g/mol. The lowest BCUT2D eigenvalue weighted by Crippen LogP contribution is -2.44. The minimum absolute atomic E-state index is 0.282. The van der Waals surface area contributed by atoms with Crippen LogP contribution >= 0.6 is 0 Å². The van der Waals surface area contributed by atoms with Gasteiger partial charge in [0.15, 0.2) is 0 Å². The Hall–Kier alpha value is -3.23. The van der Waals surface area contributed by atoms with E-state index in [9.17, 15) is 24.0 Å². The first kappa shape index (κ1) is 20.5. The quantitative estimate of drug-likeness (QED) is 0.548. The average Bonchev–Trinajstić information content (AvgIpc) is 3.27. The second kappa shape index (κ2) is 8.42. The molecule has 0 atom stereocenters. The van der Waals surface area contributed by atoms with E-state index in [4.69, 9.17) is 0 Å². The zero-order valence-corrected chi connectivity index (χ0v) is 16.5. The van der Waals surface area contributed by atoms with Crippen molar-refractivity contribution in [1.82, 2.24) is 15.1 Å². The Morgan fingerprint density at radius 3 is 2.24 bits per heavy atom. The molecule has 1 aromatic rings. The molecule has 2 aliphatic rings. The zero-order chi connectivity index (χ0) is 21.1. The number of benzene rings is 1. The summed E-state index contributed by atoms with van der Waals surface area (Å²) in [5.74, 6) is -3.01. The highest BCUT2D eigenvalue weighted by molar-refractivity contribution is 6.45. The highest BCUT2D eigenvalue weighted by Gasteiger charge is 2.48. The van der Waals surface area contributed by atoms with Crippen molar-refractivity contribution in [3.05, 3.63) is 29.3 Å². The standard InChI is InChI=1S/C20H24N4O5/c1-12-6-5-7-13(2)17(12)22-15(25)10-21-16(26)11-23-18(27)19(28)24(20(23)29)14-8-3-4-9-14/h5-7,14H,3-4,8-11H2,1-2H3,(H,21,26)(H,22,25). The van der Waals surface area contributed by atoms with Gasteiger partial charge in [0.1, 0.15) is 6.54 Å². The van der Waals surface area contributed by atoms with Gasteiger partial charge in [0, 0.05) is 11.7 Å². The second-order valence-corrected chi connectivity index (χ2v) is 7.38. The van der Waals surface area contributed by atoms with E-state index in [1.165, 1.54) is 0 Å². The van der Waals surface area contributed by atoms with Crippen molar-refractivity contribution in [1.29, 1.82) is 0 Å². The maximum Gasteiger partial charge on any atom is 0.334 e. The van der Waals surface area contributed by atoms with Gasteiger partial charge in [-0.15, -0.1) is 0 Å². The number of amides is 6. The summed E-state index contributed by atoms with van der Waals surface area (Å²) >= 11 is 0. The minimum atomic E-state index is -1.00. The van der Waals surface area contributed by atoms with E-state index in [1.807, 2.05) is 32.0 Å². The molecule has 0 bridgehead atoms. The fourth-order valence-electron chi connectivity index (χ4n) is 3.72. The summed E-state index contributed by atoms with van der Waals surface area (Å²) < 4.78 is 0. The maximum atomic E-state index is 12.5. The van der Waals surface area contributed by atoms with Crippen molar-refractivity contribution in [3.63, 3.8) is 0 Å². The molecule has 2 N–H and O–H groups in total. The van der Waals surface area contributed by atoms with Gasteiger partial charge >= 0.3 is 17.8 Å². The maximum absolute atomic E-state index is 12.5. The highest BCUT2D eigenvalue weighted by atomic mass is 16.2. The van der Waals surface area contributed by atoms with E-state index in [0.717, 1.165) is 28.9 Å². The Balaban J connectivity index is 1.54. The molecule has 2 fully saturated rings. The first-order chi connectivity index (χ1) is 13.8. The van der Waals surface area contributed by atoms with Crippen LogP contribution < -0.4 is 10.6 Å². The number of carbonyl (C=O) groups excluding carboxylic acids is 5. The van der Waals surface area contributed by atoms with Gasteiger partial charge < -0.3 is 10.6 Å². The van der Waals surface area contributed by atoms with E-state index in [1.54, 1.807) is 0 Å². The molecular weight excluding hydrogens is 376 g/mol. The third-order valence-corrected chi connectivity index (χ3v) is 5.27. The first-order valence-electron chi connectivity index (χ1n) is 9.61. The lowest BCUT2D eigenvalue weighted by molar-refractivity contribution is -0.144.